The largest absolute Gasteiger partial charge is 0.388 e. The Morgan fingerprint density at radius 1 is 0.692 bits per heavy atom. The van der Waals surface area contributed by atoms with Crippen LogP contribution in [0.5, 0.6) is 0 Å². The van der Waals surface area contributed by atoms with Crippen LogP contribution >= 0.6 is 0 Å². The molecule has 2 aromatic carbocycles. The van der Waals surface area contributed by atoms with E-state index in [0.717, 1.165) is 11.1 Å². The highest BCUT2D eigenvalue weighted by molar-refractivity contribution is 5.17. The highest BCUT2D eigenvalue weighted by Gasteiger charge is 2.44. The van der Waals surface area contributed by atoms with Crippen molar-refractivity contribution in [2.24, 2.45) is 0 Å². The third-order valence-corrected chi connectivity index (χ3v) is 4.65. The molecule has 2 fully saturated rings. The summed E-state index contributed by atoms with van der Waals surface area (Å²) in [5, 5.41) is 21.1. The van der Waals surface area contributed by atoms with Gasteiger partial charge in [-0.05, 0) is 0 Å². The molecule has 6 atom stereocenters. The number of aliphatic hydroxyl groups is 2. The molecule has 2 aliphatic heterocycles. The molecule has 2 unspecified atom stereocenters. The van der Waals surface area contributed by atoms with Crippen LogP contribution in [-0.2, 0) is 18.9 Å². The summed E-state index contributed by atoms with van der Waals surface area (Å²) >= 11 is 0. The van der Waals surface area contributed by atoms with E-state index in [2.05, 4.69) is 0 Å². The van der Waals surface area contributed by atoms with E-state index in [1.807, 2.05) is 60.7 Å². The van der Waals surface area contributed by atoms with Crippen molar-refractivity contribution < 1.29 is 29.2 Å². The number of rotatable bonds is 2. The van der Waals surface area contributed by atoms with Crippen molar-refractivity contribution in [3.63, 3.8) is 0 Å². The molecule has 6 nitrogen and oxygen atoms in total. The first-order chi connectivity index (χ1) is 12.7. The summed E-state index contributed by atoms with van der Waals surface area (Å²) in [5.41, 5.74) is 1.66. The molecular formula is C20H22O6. The van der Waals surface area contributed by atoms with Gasteiger partial charge in [0.05, 0.1) is 13.2 Å². The molecule has 2 aromatic rings. The summed E-state index contributed by atoms with van der Waals surface area (Å²) in [6.07, 6.45) is -4.80. The first kappa shape index (κ1) is 17.6. The van der Waals surface area contributed by atoms with Gasteiger partial charge in [-0.3, -0.25) is 0 Å². The summed E-state index contributed by atoms with van der Waals surface area (Å²) < 4.78 is 23.4. The second-order valence-corrected chi connectivity index (χ2v) is 6.49. The molecule has 0 aromatic heterocycles. The van der Waals surface area contributed by atoms with Crippen LogP contribution in [0.2, 0.25) is 0 Å². The van der Waals surface area contributed by atoms with Gasteiger partial charge in [-0.1, -0.05) is 60.7 Å². The van der Waals surface area contributed by atoms with Gasteiger partial charge >= 0.3 is 0 Å². The van der Waals surface area contributed by atoms with Gasteiger partial charge in [-0.25, -0.2) is 0 Å². The van der Waals surface area contributed by atoms with Crippen molar-refractivity contribution in [2.45, 2.75) is 37.0 Å². The third-order valence-electron chi connectivity index (χ3n) is 4.65. The summed E-state index contributed by atoms with van der Waals surface area (Å²) in [7, 11) is 0. The van der Waals surface area contributed by atoms with E-state index in [1.165, 1.54) is 0 Å². The Morgan fingerprint density at radius 3 is 1.92 bits per heavy atom. The molecule has 0 aliphatic carbocycles. The van der Waals surface area contributed by atoms with E-state index in [0.29, 0.717) is 0 Å². The smallest absolute Gasteiger partial charge is 0.184 e. The van der Waals surface area contributed by atoms with Crippen molar-refractivity contribution >= 4 is 0 Å². The van der Waals surface area contributed by atoms with Crippen molar-refractivity contribution in [1.29, 1.82) is 0 Å². The van der Waals surface area contributed by atoms with Crippen LogP contribution in [0, 0.1) is 0 Å². The average molecular weight is 358 g/mol. The maximum atomic E-state index is 10.6. The average Bonchev–Trinajstić information content (AvgIpc) is 2.72. The Bertz CT molecular complexity index is 694. The maximum absolute atomic E-state index is 10.6. The minimum absolute atomic E-state index is 0.0183. The monoisotopic (exact) mass is 358 g/mol. The lowest BCUT2D eigenvalue weighted by atomic mass is 10.0. The molecule has 2 bridgehead atoms. The van der Waals surface area contributed by atoms with Crippen LogP contribution in [0.4, 0.5) is 0 Å². The van der Waals surface area contributed by atoms with Gasteiger partial charge in [0, 0.05) is 11.1 Å². The fourth-order valence-electron chi connectivity index (χ4n) is 3.24. The Balaban J connectivity index is 1.56. The standard InChI is InChI=1S/C20H22O6/c21-15-11-23-19(13-7-3-1-4-8-13)24-12-16-17(22)18(15)26-20(25-16)14-9-5-2-6-10-14/h1-10,15-22H,11-12H2/t15-,16+,17+,18+,19?,20?/m0/s1. The number of hydrogen-bond donors (Lipinski definition) is 2. The fraction of sp³-hybridized carbons (Fsp3) is 0.400. The molecule has 0 spiro atoms. The molecule has 2 aliphatic rings. The molecule has 0 saturated carbocycles. The van der Waals surface area contributed by atoms with Crippen LogP contribution < -0.4 is 0 Å². The van der Waals surface area contributed by atoms with Gasteiger partial charge in [0.15, 0.2) is 12.6 Å². The summed E-state index contributed by atoms with van der Waals surface area (Å²) in [6, 6.07) is 18.9. The topological polar surface area (TPSA) is 77.4 Å². The first-order valence-corrected chi connectivity index (χ1v) is 8.72. The van der Waals surface area contributed by atoms with E-state index in [4.69, 9.17) is 18.9 Å². The molecule has 0 amide bonds. The SMILES string of the molecule is O[C@H]1[C@@H]2OC(c3ccccc3)O[C@@H]1COC(c1ccccc1)OC[C@@H]2O. The van der Waals surface area contributed by atoms with Gasteiger partial charge in [-0.15, -0.1) is 0 Å². The quantitative estimate of drug-likeness (QED) is 0.854. The first-order valence-electron chi connectivity index (χ1n) is 8.72. The number of hydrogen-bond acceptors (Lipinski definition) is 6. The van der Waals surface area contributed by atoms with E-state index < -0.39 is 37.0 Å². The number of ether oxygens (including phenoxy) is 4. The highest BCUT2D eigenvalue weighted by atomic mass is 16.7. The van der Waals surface area contributed by atoms with Crippen molar-refractivity contribution in [3.05, 3.63) is 71.8 Å². The highest BCUT2D eigenvalue weighted by Crippen LogP contribution is 2.34. The lowest BCUT2D eigenvalue weighted by Crippen LogP contribution is -2.54. The van der Waals surface area contributed by atoms with Crippen LogP contribution in [-0.4, -0.2) is 47.8 Å². The Morgan fingerprint density at radius 2 is 1.27 bits per heavy atom. The van der Waals surface area contributed by atoms with E-state index >= 15 is 0 Å². The van der Waals surface area contributed by atoms with E-state index in [1.54, 1.807) is 0 Å². The zero-order valence-electron chi connectivity index (χ0n) is 14.2. The molecule has 4 rings (SSSR count). The van der Waals surface area contributed by atoms with Crippen LogP contribution in [0.3, 0.4) is 0 Å². The number of fused-ring (bicyclic) bond motifs is 2. The predicted molar refractivity (Wildman–Crippen MR) is 92.0 cm³/mol. The Labute approximate surface area is 151 Å². The summed E-state index contributed by atoms with van der Waals surface area (Å²) in [4.78, 5) is 0. The van der Waals surface area contributed by atoms with Gasteiger partial charge in [0.25, 0.3) is 0 Å². The second-order valence-electron chi connectivity index (χ2n) is 6.49. The molecular weight excluding hydrogens is 336 g/mol. The fourth-order valence-corrected chi connectivity index (χ4v) is 3.24. The van der Waals surface area contributed by atoms with E-state index in [9.17, 15) is 10.2 Å². The molecule has 2 saturated heterocycles. The minimum Gasteiger partial charge on any atom is -0.388 e. The van der Waals surface area contributed by atoms with Crippen molar-refractivity contribution in [2.75, 3.05) is 13.2 Å². The number of benzene rings is 2. The zero-order chi connectivity index (χ0) is 17.9. The van der Waals surface area contributed by atoms with Crippen LogP contribution in [0.15, 0.2) is 60.7 Å². The van der Waals surface area contributed by atoms with Crippen molar-refractivity contribution in [3.8, 4) is 0 Å². The normalized spacial score (nSPS) is 35.2. The maximum Gasteiger partial charge on any atom is 0.184 e. The molecule has 26 heavy (non-hydrogen) atoms. The molecule has 0 radical (unpaired) electrons. The molecule has 2 N–H and O–H groups in total. The van der Waals surface area contributed by atoms with Gasteiger partial charge in [0.1, 0.15) is 24.4 Å². The summed E-state index contributed by atoms with van der Waals surface area (Å²) in [6.45, 7) is 0.103. The molecule has 2 heterocycles. The summed E-state index contributed by atoms with van der Waals surface area (Å²) in [5.74, 6) is 0. The van der Waals surface area contributed by atoms with Gasteiger partial charge in [0.2, 0.25) is 0 Å². The lowest BCUT2D eigenvalue weighted by Gasteiger charge is -2.40. The van der Waals surface area contributed by atoms with Crippen molar-refractivity contribution in [1.82, 2.24) is 0 Å². The van der Waals surface area contributed by atoms with Crippen LogP contribution in [0.1, 0.15) is 23.7 Å². The predicted octanol–water partition coefficient (Wildman–Crippen LogP) is 1.94. The van der Waals surface area contributed by atoms with Gasteiger partial charge < -0.3 is 29.2 Å². The molecule has 138 valence electrons. The Kier molecular flexibility index (Phi) is 5.31. The zero-order valence-corrected chi connectivity index (χ0v) is 14.2. The second kappa shape index (κ2) is 7.84. The Hall–Kier alpha value is -1.80. The number of aliphatic hydroxyl groups excluding tert-OH is 2. The lowest BCUT2D eigenvalue weighted by molar-refractivity contribution is -0.308. The van der Waals surface area contributed by atoms with Gasteiger partial charge in [-0.2, -0.15) is 0 Å². The molecule has 6 heteroatoms. The van der Waals surface area contributed by atoms with Crippen LogP contribution in [0.25, 0.3) is 0 Å². The third kappa shape index (κ3) is 3.66. The van der Waals surface area contributed by atoms with E-state index in [-0.39, 0.29) is 13.2 Å². The minimum atomic E-state index is -1.01.